The van der Waals surface area contributed by atoms with Gasteiger partial charge in [-0.25, -0.2) is 4.68 Å². The van der Waals surface area contributed by atoms with Crippen molar-refractivity contribution in [3.63, 3.8) is 0 Å². The Balaban J connectivity index is 2.03. The predicted octanol–water partition coefficient (Wildman–Crippen LogP) is 0.890. The number of nitrogens with zero attached hydrogens (tertiary/aromatic N) is 3. The fourth-order valence-corrected chi connectivity index (χ4v) is 2.02. The molecule has 1 aromatic rings. The van der Waals surface area contributed by atoms with Crippen molar-refractivity contribution in [3.8, 4) is 6.07 Å². The highest BCUT2D eigenvalue weighted by Gasteiger charge is 2.22. The van der Waals surface area contributed by atoms with Crippen LogP contribution < -0.4 is 0 Å². The van der Waals surface area contributed by atoms with Crippen LogP contribution in [-0.2, 0) is 4.74 Å². The standard InChI is InChI=1S/C12H17N3O3/c13-5-4-10(16)12(17)9-7-14-15(8-9)11-3-1-2-6-18-11/h7-8,10-12,16-17H,1-4,6H2/t10?,11-,12?/m0/s1. The van der Waals surface area contributed by atoms with E-state index < -0.39 is 12.2 Å². The highest BCUT2D eigenvalue weighted by Crippen LogP contribution is 2.24. The van der Waals surface area contributed by atoms with Crippen LogP contribution in [0.1, 0.15) is 43.6 Å². The highest BCUT2D eigenvalue weighted by molar-refractivity contribution is 5.10. The van der Waals surface area contributed by atoms with Crippen molar-refractivity contribution in [2.24, 2.45) is 0 Å². The zero-order chi connectivity index (χ0) is 13.0. The van der Waals surface area contributed by atoms with Crippen LogP contribution in [0.25, 0.3) is 0 Å². The molecule has 0 bridgehead atoms. The Kier molecular flexibility index (Phi) is 4.31. The van der Waals surface area contributed by atoms with E-state index in [1.54, 1.807) is 10.9 Å². The van der Waals surface area contributed by atoms with Gasteiger partial charge < -0.3 is 14.9 Å². The molecular weight excluding hydrogens is 234 g/mol. The third-order valence-corrected chi connectivity index (χ3v) is 3.08. The van der Waals surface area contributed by atoms with Gasteiger partial charge in [-0.15, -0.1) is 0 Å². The van der Waals surface area contributed by atoms with Gasteiger partial charge in [0.05, 0.1) is 24.8 Å². The number of hydrogen-bond acceptors (Lipinski definition) is 5. The van der Waals surface area contributed by atoms with Crippen LogP contribution in [0.2, 0.25) is 0 Å². The molecule has 1 fully saturated rings. The van der Waals surface area contributed by atoms with Gasteiger partial charge in [0.1, 0.15) is 12.3 Å². The maximum atomic E-state index is 9.84. The minimum absolute atomic E-state index is 0.0900. The Bertz CT molecular complexity index is 420. The lowest BCUT2D eigenvalue weighted by Gasteiger charge is -2.22. The van der Waals surface area contributed by atoms with E-state index in [-0.39, 0.29) is 12.6 Å². The number of rotatable bonds is 4. The quantitative estimate of drug-likeness (QED) is 0.829. The number of hydrogen-bond donors (Lipinski definition) is 2. The SMILES string of the molecule is N#CCC(O)C(O)c1cnn([C@@H]2CCCCO2)c1. The molecule has 6 heteroatoms. The van der Waals surface area contributed by atoms with Gasteiger partial charge in [-0.1, -0.05) is 0 Å². The molecule has 2 unspecified atom stereocenters. The zero-order valence-corrected chi connectivity index (χ0v) is 10.1. The number of aliphatic hydroxyl groups is 2. The number of nitriles is 1. The monoisotopic (exact) mass is 251 g/mol. The first-order valence-corrected chi connectivity index (χ1v) is 6.11. The summed E-state index contributed by atoms with van der Waals surface area (Å²) in [4.78, 5) is 0. The maximum absolute atomic E-state index is 9.84. The summed E-state index contributed by atoms with van der Waals surface area (Å²) in [6.07, 6.45) is 3.87. The molecule has 18 heavy (non-hydrogen) atoms. The topological polar surface area (TPSA) is 91.3 Å². The third kappa shape index (κ3) is 2.88. The molecule has 0 aliphatic carbocycles. The molecule has 0 amide bonds. The van der Waals surface area contributed by atoms with E-state index in [0.717, 1.165) is 25.9 Å². The zero-order valence-electron chi connectivity index (χ0n) is 10.1. The lowest BCUT2D eigenvalue weighted by Crippen LogP contribution is -2.19. The van der Waals surface area contributed by atoms with E-state index in [1.807, 2.05) is 6.07 Å². The third-order valence-electron chi connectivity index (χ3n) is 3.08. The summed E-state index contributed by atoms with van der Waals surface area (Å²) in [5, 5.41) is 32.0. The second-order valence-corrected chi connectivity index (χ2v) is 4.45. The lowest BCUT2D eigenvalue weighted by molar-refractivity contribution is -0.0398. The molecule has 1 aliphatic heterocycles. The number of ether oxygens (including phenoxy) is 1. The van der Waals surface area contributed by atoms with Gasteiger partial charge in [-0.05, 0) is 19.3 Å². The molecule has 1 aromatic heterocycles. The first kappa shape index (κ1) is 13.0. The fourth-order valence-electron chi connectivity index (χ4n) is 2.02. The van der Waals surface area contributed by atoms with E-state index in [9.17, 15) is 10.2 Å². The number of aromatic nitrogens is 2. The van der Waals surface area contributed by atoms with Gasteiger partial charge in [-0.2, -0.15) is 10.4 Å². The second kappa shape index (κ2) is 5.96. The van der Waals surface area contributed by atoms with Gasteiger partial charge in [-0.3, -0.25) is 0 Å². The predicted molar refractivity (Wildman–Crippen MR) is 62.3 cm³/mol. The summed E-state index contributed by atoms with van der Waals surface area (Å²) in [6, 6.07) is 1.83. The Morgan fingerprint density at radius 1 is 1.56 bits per heavy atom. The minimum atomic E-state index is -1.08. The first-order chi connectivity index (χ1) is 8.72. The average molecular weight is 251 g/mol. The summed E-state index contributed by atoms with van der Waals surface area (Å²) in [6.45, 7) is 0.722. The molecule has 0 saturated carbocycles. The Labute approximate surface area is 105 Å². The van der Waals surface area contributed by atoms with Crippen LogP contribution in [0, 0.1) is 11.3 Å². The van der Waals surface area contributed by atoms with Crippen molar-refractivity contribution in [3.05, 3.63) is 18.0 Å². The van der Waals surface area contributed by atoms with Crippen LogP contribution in [0.3, 0.4) is 0 Å². The second-order valence-electron chi connectivity index (χ2n) is 4.45. The van der Waals surface area contributed by atoms with E-state index >= 15 is 0 Å². The van der Waals surface area contributed by atoms with Crippen LogP contribution in [-0.4, -0.2) is 32.7 Å². The first-order valence-electron chi connectivity index (χ1n) is 6.11. The van der Waals surface area contributed by atoms with Crippen molar-refractivity contribution in [1.82, 2.24) is 9.78 Å². The molecule has 0 spiro atoms. The Morgan fingerprint density at radius 3 is 3.06 bits per heavy atom. The van der Waals surface area contributed by atoms with Crippen molar-refractivity contribution in [2.75, 3.05) is 6.61 Å². The van der Waals surface area contributed by atoms with E-state index in [1.165, 1.54) is 6.20 Å². The molecular formula is C12H17N3O3. The molecule has 0 radical (unpaired) electrons. The van der Waals surface area contributed by atoms with Crippen molar-refractivity contribution >= 4 is 0 Å². The molecule has 1 aliphatic rings. The molecule has 6 nitrogen and oxygen atoms in total. The summed E-state index contributed by atoms with van der Waals surface area (Å²) in [7, 11) is 0. The summed E-state index contributed by atoms with van der Waals surface area (Å²) < 4.78 is 7.23. The summed E-state index contributed by atoms with van der Waals surface area (Å²) >= 11 is 0. The van der Waals surface area contributed by atoms with Gasteiger partial charge in [0.2, 0.25) is 0 Å². The highest BCUT2D eigenvalue weighted by atomic mass is 16.5. The van der Waals surface area contributed by atoms with Crippen molar-refractivity contribution in [2.45, 2.75) is 44.1 Å². The van der Waals surface area contributed by atoms with Crippen LogP contribution in [0.15, 0.2) is 12.4 Å². The normalized spacial score (nSPS) is 23.3. The van der Waals surface area contributed by atoms with Gasteiger partial charge >= 0.3 is 0 Å². The van der Waals surface area contributed by atoms with Gasteiger partial charge in [0, 0.05) is 18.4 Å². The van der Waals surface area contributed by atoms with Gasteiger partial charge in [0.25, 0.3) is 0 Å². The molecule has 0 aromatic carbocycles. The van der Waals surface area contributed by atoms with E-state index in [4.69, 9.17) is 10.00 Å². The maximum Gasteiger partial charge on any atom is 0.150 e. The van der Waals surface area contributed by atoms with Crippen molar-refractivity contribution < 1.29 is 14.9 Å². The molecule has 3 atom stereocenters. The molecule has 2 N–H and O–H groups in total. The fraction of sp³-hybridized carbons (Fsp3) is 0.667. The molecule has 2 heterocycles. The molecule has 1 saturated heterocycles. The van der Waals surface area contributed by atoms with Crippen LogP contribution in [0.5, 0.6) is 0 Å². The summed E-state index contributed by atoms with van der Waals surface area (Å²) in [5.74, 6) is 0. The van der Waals surface area contributed by atoms with E-state index in [2.05, 4.69) is 5.10 Å². The van der Waals surface area contributed by atoms with E-state index in [0.29, 0.717) is 5.56 Å². The molecule has 2 rings (SSSR count). The van der Waals surface area contributed by atoms with Gasteiger partial charge in [0.15, 0.2) is 0 Å². The minimum Gasteiger partial charge on any atom is -0.389 e. The molecule has 98 valence electrons. The lowest BCUT2D eigenvalue weighted by atomic mass is 10.1. The number of aliphatic hydroxyl groups excluding tert-OH is 2. The van der Waals surface area contributed by atoms with Crippen LogP contribution in [0.4, 0.5) is 0 Å². The largest absolute Gasteiger partial charge is 0.389 e. The summed E-state index contributed by atoms with van der Waals surface area (Å²) in [5.41, 5.74) is 0.506. The van der Waals surface area contributed by atoms with Crippen LogP contribution >= 0.6 is 0 Å². The van der Waals surface area contributed by atoms with Crippen molar-refractivity contribution in [1.29, 1.82) is 5.26 Å². The average Bonchev–Trinajstić information content (AvgIpc) is 2.89. The Morgan fingerprint density at radius 2 is 2.39 bits per heavy atom. The smallest absolute Gasteiger partial charge is 0.150 e. The Hall–Kier alpha value is -1.42.